The third-order valence-electron chi connectivity index (χ3n) is 1.29. The van der Waals surface area contributed by atoms with E-state index in [1.165, 1.54) is 0 Å². The van der Waals surface area contributed by atoms with Gasteiger partial charge < -0.3 is 14.2 Å². The van der Waals surface area contributed by atoms with Crippen molar-refractivity contribution < 1.29 is 14.2 Å². The van der Waals surface area contributed by atoms with E-state index in [9.17, 15) is 0 Å². The molecule has 0 saturated heterocycles. The molecular weight excluding hydrogens is 192 g/mol. The lowest BCUT2D eigenvalue weighted by Gasteiger charge is -2.04. The predicted octanol–water partition coefficient (Wildman–Crippen LogP) is 2.66. The fourth-order valence-corrected chi connectivity index (χ4v) is 0.628. The Bertz CT molecular complexity index is 122. The van der Waals surface area contributed by atoms with Crippen molar-refractivity contribution in [2.24, 2.45) is 0 Å². The van der Waals surface area contributed by atoms with Crippen LogP contribution in [0, 0.1) is 0 Å². The number of rotatable bonds is 7. The van der Waals surface area contributed by atoms with Crippen molar-refractivity contribution in [3.63, 3.8) is 0 Å². The van der Waals surface area contributed by atoms with E-state index >= 15 is 0 Å². The molecule has 0 aromatic carbocycles. The van der Waals surface area contributed by atoms with Crippen molar-refractivity contribution in [1.82, 2.24) is 0 Å². The van der Waals surface area contributed by atoms with E-state index in [2.05, 4.69) is 6.58 Å². The Labute approximate surface area is 94.4 Å². The van der Waals surface area contributed by atoms with Gasteiger partial charge in [0.2, 0.25) is 0 Å². The largest absolute Gasteiger partial charge is 0.382 e. The van der Waals surface area contributed by atoms with Crippen LogP contribution < -0.4 is 0 Å². The van der Waals surface area contributed by atoms with Crippen LogP contribution >= 0.6 is 0 Å². The first kappa shape index (κ1) is 17.0. The van der Waals surface area contributed by atoms with Crippen LogP contribution in [0.25, 0.3) is 0 Å². The average Bonchev–Trinajstić information content (AvgIpc) is 2.15. The van der Waals surface area contributed by atoms with E-state index < -0.39 is 0 Å². The molecule has 15 heavy (non-hydrogen) atoms. The molecule has 0 atom stereocenters. The molecule has 0 spiro atoms. The van der Waals surface area contributed by atoms with Gasteiger partial charge in [0, 0.05) is 7.11 Å². The summed E-state index contributed by atoms with van der Waals surface area (Å²) >= 11 is 0. The van der Waals surface area contributed by atoms with Gasteiger partial charge in [-0.15, -0.1) is 6.58 Å². The summed E-state index contributed by atoms with van der Waals surface area (Å²) < 4.78 is 15.0. The summed E-state index contributed by atoms with van der Waals surface area (Å²) in [7, 11) is 1.67. The Morgan fingerprint density at radius 2 is 1.53 bits per heavy atom. The summed E-state index contributed by atoms with van der Waals surface area (Å²) in [4.78, 5) is 0. The zero-order chi connectivity index (χ0) is 12.1. The van der Waals surface area contributed by atoms with Gasteiger partial charge in [0.25, 0.3) is 0 Å². The highest BCUT2D eigenvalue weighted by Gasteiger charge is 1.89. The van der Waals surface area contributed by atoms with E-state index in [4.69, 9.17) is 14.2 Å². The van der Waals surface area contributed by atoms with Crippen LogP contribution in [0.15, 0.2) is 12.7 Å². The average molecular weight is 218 g/mol. The van der Waals surface area contributed by atoms with E-state index in [0.717, 1.165) is 0 Å². The van der Waals surface area contributed by atoms with Gasteiger partial charge in [-0.1, -0.05) is 6.08 Å². The van der Waals surface area contributed by atoms with E-state index in [-0.39, 0.29) is 0 Å². The molecule has 0 aliphatic heterocycles. The van der Waals surface area contributed by atoms with Gasteiger partial charge >= 0.3 is 0 Å². The van der Waals surface area contributed by atoms with Crippen LogP contribution in [0.4, 0.5) is 0 Å². The maximum Gasteiger partial charge on any atom is 0.0703 e. The van der Waals surface area contributed by atoms with Crippen molar-refractivity contribution in [3.05, 3.63) is 12.7 Å². The number of hydrogen-bond donors (Lipinski definition) is 0. The molecular formula is C12H26O3. The second kappa shape index (κ2) is 13.6. The summed E-state index contributed by atoms with van der Waals surface area (Å²) in [5, 5.41) is 0. The highest BCUT2D eigenvalue weighted by molar-refractivity contribution is 4.64. The third-order valence-corrected chi connectivity index (χ3v) is 1.29. The maximum absolute atomic E-state index is 5.16. The van der Waals surface area contributed by atoms with Gasteiger partial charge in [-0.05, 0) is 27.7 Å². The Morgan fingerprint density at radius 1 is 1.00 bits per heavy atom. The van der Waals surface area contributed by atoms with Crippen molar-refractivity contribution in [2.45, 2.75) is 39.9 Å². The van der Waals surface area contributed by atoms with Crippen molar-refractivity contribution in [1.29, 1.82) is 0 Å². The first-order chi connectivity index (χ1) is 7.04. The van der Waals surface area contributed by atoms with Gasteiger partial charge in [0.05, 0.1) is 32.0 Å². The van der Waals surface area contributed by atoms with Crippen molar-refractivity contribution in [2.75, 3.05) is 26.9 Å². The number of methoxy groups -OCH3 is 1. The van der Waals surface area contributed by atoms with Crippen LogP contribution in [-0.2, 0) is 14.2 Å². The maximum atomic E-state index is 5.16. The lowest BCUT2D eigenvalue weighted by molar-refractivity contribution is 0.0351. The molecule has 0 radical (unpaired) electrons. The summed E-state index contributed by atoms with van der Waals surface area (Å²) in [6, 6.07) is 0. The number of hydrogen-bond acceptors (Lipinski definition) is 3. The van der Waals surface area contributed by atoms with E-state index in [0.29, 0.717) is 32.0 Å². The molecule has 0 aliphatic rings. The Kier molecular flexibility index (Phi) is 15.5. The highest BCUT2D eigenvalue weighted by Crippen LogP contribution is 1.85. The number of ether oxygens (including phenoxy) is 3. The van der Waals surface area contributed by atoms with Gasteiger partial charge in [0.1, 0.15) is 0 Å². The molecule has 0 aromatic rings. The minimum Gasteiger partial charge on any atom is -0.382 e. The molecule has 0 N–H and O–H groups in total. The van der Waals surface area contributed by atoms with Crippen molar-refractivity contribution >= 4 is 0 Å². The minimum atomic E-state index is 0.324. The van der Waals surface area contributed by atoms with Gasteiger partial charge in [-0.2, -0.15) is 0 Å². The third kappa shape index (κ3) is 24.7. The lowest BCUT2D eigenvalue weighted by atomic mass is 10.5. The van der Waals surface area contributed by atoms with Crippen LogP contribution in [0.2, 0.25) is 0 Å². The second-order valence-electron chi connectivity index (χ2n) is 3.58. The normalized spacial score (nSPS) is 10.1. The second-order valence-corrected chi connectivity index (χ2v) is 3.58. The molecule has 0 amide bonds. The Hall–Kier alpha value is -0.380. The summed E-state index contributed by atoms with van der Waals surface area (Å²) in [5.74, 6) is 0. The van der Waals surface area contributed by atoms with Crippen molar-refractivity contribution in [3.8, 4) is 0 Å². The molecule has 0 heterocycles. The standard InChI is InChI=1S/C6H14O2.C6H12O/c1-6(2)8-5-4-7-3;1-4-5-7-6(2)3/h6H,4-5H2,1-3H3;4,6H,1,5H2,2-3H3. The molecule has 0 unspecified atom stereocenters. The van der Waals surface area contributed by atoms with Gasteiger partial charge in [0.15, 0.2) is 0 Å². The lowest BCUT2D eigenvalue weighted by Crippen LogP contribution is -2.07. The van der Waals surface area contributed by atoms with Crippen LogP contribution in [0.5, 0.6) is 0 Å². The Morgan fingerprint density at radius 3 is 1.80 bits per heavy atom. The first-order valence-corrected chi connectivity index (χ1v) is 5.37. The van der Waals surface area contributed by atoms with Crippen LogP contribution in [0.1, 0.15) is 27.7 Å². The van der Waals surface area contributed by atoms with Gasteiger partial charge in [-0.3, -0.25) is 0 Å². The fourth-order valence-electron chi connectivity index (χ4n) is 0.628. The molecule has 3 heteroatoms. The molecule has 0 aliphatic carbocycles. The predicted molar refractivity (Wildman–Crippen MR) is 64.2 cm³/mol. The van der Waals surface area contributed by atoms with E-state index in [1.54, 1.807) is 13.2 Å². The topological polar surface area (TPSA) is 27.7 Å². The minimum absolute atomic E-state index is 0.324. The molecule has 3 nitrogen and oxygen atoms in total. The molecule has 0 rings (SSSR count). The summed E-state index contributed by atoms with van der Waals surface area (Å²) in [6.45, 7) is 13.6. The molecule has 0 fully saturated rings. The highest BCUT2D eigenvalue weighted by atomic mass is 16.5. The zero-order valence-electron chi connectivity index (χ0n) is 10.8. The Balaban J connectivity index is 0. The fraction of sp³-hybridized carbons (Fsp3) is 0.833. The molecule has 92 valence electrons. The first-order valence-electron chi connectivity index (χ1n) is 5.37. The smallest absolute Gasteiger partial charge is 0.0703 e. The molecule has 0 saturated carbocycles. The summed E-state index contributed by atoms with van der Waals surface area (Å²) in [5.41, 5.74) is 0. The zero-order valence-corrected chi connectivity index (χ0v) is 10.8. The SMILES string of the molecule is C=CCOC(C)C.COCCOC(C)C. The van der Waals surface area contributed by atoms with Crippen LogP contribution in [0.3, 0.4) is 0 Å². The van der Waals surface area contributed by atoms with E-state index in [1.807, 2.05) is 27.7 Å². The quantitative estimate of drug-likeness (QED) is 0.485. The van der Waals surface area contributed by atoms with Crippen LogP contribution in [-0.4, -0.2) is 39.1 Å². The molecule has 0 bridgehead atoms. The summed E-state index contributed by atoms with van der Waals surface area (Å²) in [6.07, 6.45) is 2.41. The van der Waals surface area contributed by atoms with Gasteiger partial charge in [-0.25, -0.2) is 0 Å². The molecule has 0 aromatic heterocycles. The monoisotopic (exact) mass is 218 g/mol.